The van der Waals surface area contributed by atoms with Crippen LogP contribution < -0.4 is 41.4 Å². The van der Waals surface area contributed by atoms with Gasteiger partial charge in [0.05, 0.1) is 97.2 Å². The largest absolute Gasteiger partial charge is 0.497 e. The molecule has 12 heterocycles. The Bertz CT molecular complexity index is 5000. The molecular weight excluding hydrogens is 1630 g/mol. The topological polar surface area (TPSA) is 396 Å². The van der Waals surface area contributed by atoms with Gasteiger partial charge in [-0.25, -0.2) is 43.7 Å². The summed E-state index contributed by atoms with van der Waals surface area (Å²) in [6, 6.07) is 14.8. The Labute approximate surface area is 711 Å². The second kappa shape index (κ2) is 40.1. The molecule has 121 heavy (non-hydrogen) atoms. The molecule has 6 atom stereocenters. The predicted molar refractivity (Wildman–Crippen MR) is 444 cm³/mol. The Morgan fingerprint density at radius 2 is 0.851 bits per heavy atom. The van der Waals surface area contributed by atoms with Crippen molar-refractivity contribution in [1.29, 1.82) is 0 Å². The Kier molecular flexibility index (Phi) is 29.1. The lowest BCUT2D eigenvalue weighted by Crippen LogP contribution is -2.52. The molecule has 9 aromatic rings. The summed E-state index contributed by atoms with van der Waals surface area (Å²) in [4.78, 5) is 116. The van der Waals surface area contributed by atoms with E-state index < -0.39 is 72.9 Å². The van der Waals surface area contributed by atoms with Gasteiger partial charge in [0.1, 0.15) is 64.0 Å². The lowest BCUT2D eigenvalue weighted by molar-refractivity contribution is -0.127. The number of hydrogen-bond acceptors (Lipinski definition) is 24. The van der Waals surface area contributed by atoms with E-state index in [1.54, 1.807) is 43.7 Å². The zero-order valence-electron chi connectivity index (χ0n) is 67.5. The molecule has 0 spiro atoms. The highest BCUT2D eigenvalue weighted by molar-refractivity contribution is 6.33. The van der Waals surface area contributed by atoms with Gasteiger partial charge in [-0.3, -0.25) is 28.8 Å². The fourth-order valence-corrected chi connectivity index (χ4v) is 15.6. The van der Waals surface area contributed by atoms with E-state index in [1.165, 1.54) is 83.9 Å². The molecule has 1 unspecified atom stereocenters. The van der Waals surface area contributed by atoms with Crippen LogP contribution in [0, 0.1) is 18.6 Å². The molecular formula is C83H96Cl3F2N19O14. The number of amides is 6. The molecule has 0 saturated carbocycles. The maximum absolute atomic E-state index is 14.0. The number of nitrogens with one attached hydrogen (secondary N) is 6. The van der Waals surface area contributed by atoms with E-state index >= 15 is 0 Å². The molecule has 0 aliphatic carbocycles. The van der Waals surface area contributed by atoms with Gasteiger partial charge in [-0.05, 0) is 119 Å². The molecule has 3 saturated heterocycles. The molecule has 6 aliphatic rings. The molecule has 6 aliphatic heterocycles. The van der Waals surface area contributed by atoms with Gasteiger partial charge in [-0.1, -0.05) is 64.6 Å². The fraction of sp³-hybridized carbons (Fsp3) is 0.434. The van der Waals surface area contributed by atoms with Crippen LogP contribution in [0.5, 0.6) is 11.5 Å². The maximum atomic E-state index is 14.0. The highest BCUT2D eigenvalue weighted by atomic mass is 35.5. The first kappa shape index (κ1) is 87.8. The number of aryl methyl sites for hydroxylation is 1. The zero-order chi connectivity index (χ0) is 85.7. The summed E-state index contributed by atoms with van der Waals surface area (Å²) in [5.41, 5.74) is 6.52. The van der Waals surface area contributed by atoms with Crippen molar-refractivity contribution in [2.75, 3.05) is 109 Å². The predicted octanol–water partition coefficient (Wildman–Crippen LogP) is 8.65. The van der Waals surface area contributed by atoms with Crippen molar-refractivity contribution in [3.05, 3.63) is 176 Å². The van der Waals surface area contributed by atoms with Crippen molar-refractivity contribution < 1.29 is 76.6 Å². The van der Waals surface area contributed by atoms with Crippen LogP contribution in [-0.2, 0) is 48.2 Å². The number of benzene rings is 3. The molecule has 38 heteroatoms. The number of fused-ring (bicyclic) bond motifs is 3. The van der Waals surface area contributed by atoms with Crippen molar-refractivity contribution in [3.63, 3.8) is 0 Å². The van der Waals surface area contributed by atoms with Gasteiger partial charge >= 0.3 is 0 Å². The number of nitrogens with zero attached hydrogens (tertiary/aromatic N) is 13. The average Bonchev–Trinajstić information content (AvgIpc) is 1.74. The molecule has 0 radical (unpaired) electrons. The summed E-state index contributed by atoms with van der Waals surface area (Å²) in [5.74, 6) is -1.38. The van der Waals surface area contributed by atoms with E-state index in [1.807, 2.05) is 52.7 Å². The quantitative estimate of drug-likeness (QED) is 0.0245. The number of carbonyl (C=O) groups is 6. The van der Waals surface area contributed by atoms with Gasteiger partial charge in [0.2, 0.25) is 35.6 Å². The van der Waals surface area contributed by atoms with E-state index in [2.05, 4.69) is 66.8 Å². The van der Waals surface area contributed by atoms with Crippen molar-refractivity contribution in [3.8, 4) is 45.4 Å². The minimum absolute atomic E-state index is 0.205. The summed E-state index contributed by atoms with van der Waals surface area (Å²) >= 11 is 19.3. The monoisotopic (exact) mass is 1730 g/mol. The third kappa shape index (κ3) is 21.1. The summed E-state index contributed by atoms with van der Waals surface area (Å²) in [6.45, 7) is 12.1. The molecule has 6 amide bonds. The lowest BCUT2D eigenvalue weighted by Gasteiger charge is -2.33. The molecule has 33 nitrogen and oxygen atoms in total. The number of aliphatic hydroxyl groups is 3. The van der Waals surface area contributed by atoms with Gasteiger partial charge in [-0.2, -0.15) is 0 Å². The first-order chi connectivity index (χ1) is 58.4. The molecule has 3 fully saturated rings. The molecule has 0 bridgehead atoms. The average molecular weight is 1730 g/mol. The molecule has 3 aromatic carbocycles. The summed E-state index contributed by atoms with van der Waals surface area (Å²) in [5, 5.41) is 49.0. The van der Waals surface area contributed by atoms with Crippen molar-refractivity contribution in [2.45, 2.75) is 140 Å². The van der Waals surface area contributed by atoms with Crippen LogP contribution >= 0.6 is 34.8 Å². The highest BCUT2D eigenvalue weighted by Crippen LogP contribution is 2.35. The van der Waals surface area contributed by atoms with Crippen LogP contribution in [0.25, 0.3) is 33.9 Å². The van der Waals surface area contributed by atoms with Crippen molar-refractivity contribution in [2.24, 2.45) is 0 Å². The molecule has 9 N–H and O–H groups in total. The number of hydrogen-bond donors (Lipinski definition) is 9. The molecule has 6 aromatic heterocycles. The Morgan fingerprint density at radius 1 is 0.479 bits per heavy atom. The lowest BCUT2D eigenvalue weighted by atomic mass is 10.0. The number of rotatable bonds is 26. The van der Waals surface area contributed by atoms with Gasteiger partial charge in [0.15, 0.2) is 5.82 Å². The second-order valence-electron chi connectivity index (χ2n) is 30.0. The van der Waals surface area contributed by atoms with Crippen LogP contribution in [-0.4, -0.2) is 244 Å². The Hall–Kier alpha value is -11.0. The van der Waals surface area contributed by atoms with E-state index in [4.69, 9.17) is 58.5 Å². The number of aromatic nitrogens is 10. The van der Waals surface area contributed by atoms with E-state index in [0.29, 0.717) is 168 Å². The molecule has 15 rings (SSSR count). The van der Waals surface area contributed by atoms with Crippen LogP contribution in [0.15, 0.2) is 110 Å². The highest BCUT2D eigenvalue weighted by Gasteiger charge is 2.38. The number of carbonyl (C=O) groups excluding carboxylic acids is 6. The maximum Gasteiger partial charge on any atom is 0.290 e. The first-order valence-corrected chi connectivity index (χ1v) is 41.0. The third-order valence-corrected chi connectivity index (χ3v) is 22.8. The SMILES string of the molecule is COc1cc(F)cc([C@@H](CO)NC(=O)[C@@H](C)N2CCn3cc(-c4nc(NC5CCOCC5)ncc4Cl)cc3C2=O)c1.COc1cc(F)cc([C@@H](CO)NC(=O)[C@H](C)N2CCn3cc(-c4nc(NC5CCOCC5)ncc4Cl)cc3C2=O)c1.Cc1cccc([C@@H](CO)NC(=O)C(C)N2CCn3cc(-c4nc(NC5CCOCC5)ncc4Cl)nc3C2=O)c1. The smallest absolute Gasteiger partial charge is 0.290 e. The number of imidazole rings is 1. The normalized spacial score (nSPS) is 17.2. The second-order valence-corrected chi connectivity index (χ2v) is 31.3. The number of methoxy groups -OCH3 is 2. The Morgan fingerprint density at radius 3 is 1.24 bits per heavy atom. The first-order valence-electron chi connectivity index (χ1n) is 39.9. The van der Waals surface area contributed by atoms with Crippen LogP contribution in [0.3, 0.4) is 0 Å². The summed E-state index contributed by atoms with van der Waals surface area (Å²) < 4.78 is 59.8. The number of ether oxygens (including phenoxy) is 5. The van der Waals surface area contributed by atoms with Crippen molar-refractivity contribution >= 4 is 88.1 Å². The summed E-state index contributed by atoms with van der Waals surface area (Å²) in [7, 11) is 2.80. The number of aliphatic hydroxyl groups excluding tert-OH is 3. The van der Waals surface area contributed by atoms with Crippen molar-refractivity contribution in [1.82, 2.24) is 79.2 Å². The standard InChI is InChI=1S/2C28H32ClFN6O5.C27H32ClN7O4/c2*1-16(26(38)33-23(15-37)17-9-19(30)12-21(10-17)40-2)36-6-5-35-14-18(11-24(35)27(36)39)25-22(29)13-31-28(34-25)32-20-3-7-41-8-4-20;1-16-4-3-5-18(12-16)22(15-36)32-25(37)17(2)35-9-8-34-14-21(31-24(34)26(35)38)23-20(28)13-29-27(33-23)30-19-6-10-39-11-7-19/h2*9-14,16,20,23,37H,3-8,15H2,1-2H3,(H,33,38)(H,31,32,34);3-5,12-14,17,19,22,36H,6-11,15H2,1-2H3,(H,32,37)(H,29,30,33)/t16-,23+;16-,23-;17?,22-/m011/s1. The Balaban J connectivity index is 0.000000157. The number of halogens is 5. The van der Waals surface area contributed by atoms with Crippen LogP contribution in [0.2, 0.25) is 15.1 Å². The minimum atomic E-state index is -0.881. The molecule has 642 valence electrons. The van der Waals surface area contributed by atoms with Gasteiger partial charge in [-0.15, -0.1) is 0 Å². The van der Waals surface area contributed by atoms with E-state index in [0.717, 1.165) is 49.7 Å². The zero-order valence-corrected chi connectivity index (χ0v) is 69.7. The number of anilines is 3. The van der Waals surface area contributed by atoms with E-state index in [-0.39, 0.29) is 65.7 Å². The van der Waals surface area contributed by atoms with Crippen LogP contribution in [0.4, 0.5) is 26.6 Å². The van der Waals surface area contributed by atoms with E-state index in [9.17, 15) is 52.9 Å². The van der Waals surface area contributed by atoms with Crippen LogP contribution in [0.1, 0.15) is 131 Å². The minimum Gasteiger partial charge on any atom is -0.497 e. The third-order valence-electron chi connectivity index (χ3n) is 22.0. The fourth-order valence-electron chi connectivity index (χ4n) is 15.0. The summed E-state index contributed by atoms with van der Waals surface area (Å²) in [6.07, 6.45) is 15.1. The van der Waals surface area contributed by atoms with Gasteiger partial charge in [0.25, 0.3) is 17.7 Å². The van der Waals surface area contributed by atoms with Gasteiger partial charge in [0, 0.05) is 139 Å². The van der Waals surface area contributed by atoms with Gasteiger partial charge < -0.3 is 99.3 Å².